The average molecular weight is 346 g/mol. The first-order chi connectivity index (χ1) is 12.6. The Balaban J connectivity index is 1.71. The highest BCUT2D eigenvalue weighted by Gasteiger charge is 2.11. The number of rotatable bonds is 4. The molecular weight excluding hydrogens is 328 g/mol. The van der Waals surface area contributed by atoms with Crippen LogP contribution in [0, 0.1) is 6.92 Å². The number of nitrogens with one attached hydrogen (secondary N) is 3. The second-order valence-electron chi connectivity index (χ2n) is 5.62. The van der Waals surface area contributed by atoms with Crippen LogP contribution in [-0.4, -0.2) is 16.9 Å². The number of carbonyl (C=O) groups is 2. The quantitative estimate of drug-likeness (QED) is 0.659. The van der Waals surface area contributed by atoms with Crippen LogP contribution in [-0.2, 0) is 0 Å². The van der Waals surface area contributed by atoms with Crippen LogP contribution < -0.4 is 16.0 Å². The largest absolute Gasteiger partial charge is 0.323 e. The fourth-order valence-electron chi connectivity index (χ4n) is 2.41. The summed E-state index contributed by atoms with van der Waals surface area (Å²) in [6.45, 7) is 1.83. The number of pyridine rings is 1. The van der Waals surface area contributed by atoms with Crippen LogP contribution in [0.4, 0.5) is 21.9 Å². The summed E-state index contributed by atoms with van der Waals surface area (Å²) in [5, 5.41) is 8.36. The van der Waals surface area contributed by atoms with Gasteiger partial charge in [0.1, 0.15) is 0 Å². The van der Waals surface area contributed by atoms with E-state index in [9.17, 15) is 9.59 Å². The van der Waals surface area contributed by atoms with Gasteiger partial charge in [-0.1, -0.05) is 24.3 Å². The van der Waals surface area contributed by atoms with Gasteiger partial charge in [-0.3, -0.25) is 9.78 Å². The van der Waals surface area contributed by atoms with E-state index in [0.717, 1.165) is 5.56 Å². The van der Waals surface area contributed by atoms with Gasteiger partial charge in [0.2, 0.25) is 0 Å². The molecule has 1 heterocycles. The van der Waals surface area contributed by atoms with E-state index in [2.05, 4.69) is 20.9 Å². The lowest BCUT2D eigenvalue weighted by molar-refractivity contribution is 0.102. The third-order valence-electron chi connectivity index (χ3n) is 3.79. The van der Waals surface area contributed by atoms with Crippen molar-refractivity contribution in [1.82, 2.24) is 4.98 Å². The number of benzene rings is 2. The molecule has 130 valence electrons. The molecule has 6 heteroatoms. The van der Waals surface area contributed by atoms with Crippen molar-refractivity contribution in [1.29, 1.82) is 0 Å². The molecule has 3 rings (SSSR count). The summed E-state index contributed by atoms with van der Waals surface area (Å²) >= 11 is 0. The summed E-state index contributed by atoms with van der Waals surface area (Å²) in [7, 11) is 0. The first-order valence-electron chi connectivity index (χ1n) is 8.07. The zero-order chi connectivity index (χ0) is 18.4. The van der Waals surface area contributed by atoms with Crippen molar-refractivity contribution >= 4 is 29.0 Å². The zero-order valence-corrected chi connectivity index (χ0v) is 14.2. The number of hydrogen-bond acceptors (Lipinski definition) is 3. The van der Waals surface area contributed by atoms with E-state index in [0.29, 0.717) is 22.6 Å². The highest BCUT2D eigenvalue weighted by molar-refractivity contribution is 6.06. The molecule has 3 amide bonds. The Labute approximate surface area is 151 Å². The number of amides is 3. The van der Waals surface area contributed by atoms with Gasteiger partial charge in [0, 0.05) is 23.1 Å². The van der Waals surface area contributed by atoms with Crippen molar-refractivity contribution < 1.29 is 9.59 Å². The third kappa shape index (κ3) is 4.24. The molecule has 6 nitrogen and oxygen atoms in total. The molecule has 0 atom stereocenters. The Bertz CT molecular complexity index is 912. The number of hydrogen-bond donors (Lipinski definition) is 3. The Morgan fingerprint density at radius 2 is 1.54 bits per heavy atom. The van der Waals surface area contributed by atoms with Crippen LogP contribution >= 0.6 is 0 Å². The summed E-state index contributed by atoms with van der Waals surface area (Å²) in [6, 6.07) is 17.4. The van der Waals surface area contributed by atoms with Crippen LogP contribution in [0.15, 0.2) is 73.1 Å². The fraction of sp³-hybridized carbons (Fsp3) is 0.0500. The van der Waals surface area contributed by atoms with E-state index in [-0.39, 0.29) is 11.9 Å². The Hall–Kier alpha value is -3.67. The molecule has 0 fully saturated rings. The Morgan fingerprint density at radius 1 is 0.808 bits per heavy atom. The van der Waals surface area contributed by atoms with Gasteiger partial charge in [-0.05, 0) is 48.9 Å². The molecule has 0 bridgehead atoms. The van der Waals surface area contributed by atoms with Crippen LogP contribution in [0.5, 0.6) is 0 Å². The molecule has 0 radical (unpaired) electrons. The van der Waals surface area contributed by atoms with Gasteiger partial charge in [0.05, 0.1) is 11.9 Å². The van der Waals surface area contributed by atoms with E-state index in [1.165, 1.54) is 0 Å². The average Bonchev–Trinajstić information content (AvgIpc) is 2.66. The summed E-state index contributed by atoms with van der Waals surface area (Å²) in [6.07, 6.45) is 3.19. The number of carbonyl (C=O) groups excluding carboxylic acids is 2. The first-order valence-corrected chi connectivity index (χ1v) is 8.07. The van der Waals surface area contributed by atoms with Crippen LogP contribution in [0.1, 0.15) is 15.9 Å². The normalized spacial score (nSPS) is 10.0. The smallest absolute Gasteiger partial charge is 0.322 e. The second kappa shape index (κ2) is 7.94. The fourth-order valence-corrected chi connectivity index (χ4v) is 2.41. The third-order valence-corrected chi connectivity index (χ3v) is 3.79. The maximum absolute atomic E-state index is 12.3. The molecule has 0 unspecified atom stereocenters. The molecule has 2 aromatic carbocycles. The van der Waals surface area contributed by atoms with Gasteiger partial charge in [0.15, 0.2) is 0 Å². The lowest BCUT2D eigenvalue weighted by atomic mass is 10.1. The van der Waals surface area contributed by atoms with Gasteiger partial charge in [-0.2, -0.15) is 0 Å². The van der Waals surface area contributed by atoms with E-state index < -0.39 is 0 Å². The van der Waals surface area contributed by atoms with Crippen molar-refractivity contribution in [3.05, 3.63) is 84.2 Å². The lowest BCUT2D eigenvalue weighted by Gasteiger charge is -2.14. The minimum absolute atomic E-state index is 0.203. The standard InChI is InChI=1S/C20H18N4O2/c1-14-17(23-19(25)15-7-3-2-4-8-15)10-5-11-18(14)24-20(26)22-16-9-6-12-21-13-16/h2-13H,1H3,(H,23,25)(H2,22,24,26). The second-order valence-corrected chi connectivity index (χ2v) is 5.62. The highest BCUT2D eigenvalue weighted by Crippen LogP contribution is 2.24. The SMILES string of the molecule is Cc1c(NC(=O)Nc2cccnc2)cccc1NC(=O)c1ccccc1. The lowest BCUT2D eigenvalue weighted by Crippen LogP contribution is -2.20. The summed E-state index contributed by atoms with van der Waals surface area (Å²) in [5.74, 6) is -0.203. The van der Waals surface area contributed by atoms with E-state index >= 15 is 0 Å². The number of urea groups is 1. The van der Waals surface area contributed by atoms with Crippen molar-refractivity contribution in [3.63, 3.8) is 0 Å². The van der Waals surface area contributed by atoms with Gasteiger partial charge in [-0.25, -0.2) is 4.79 Å². The van der Waals surface area contributed by atoms with Crippen molar-refractivity contribution in [2.24, 2.45) is 0 Å². The molecule has 0 saturated carbocycles. The van der Waals surface area contributed by atoms with Gasteiger partial charge >= 0.3 is 6.03 Å². The topological polar surface area (TPSA) is 83.1 Å². The molecule has 3 aromatic rings. The maximum atomic E-state index is 12.3. The summed E-state index contributed by atoms with van der Waals surface area (Å²) < 4.78 is 0. The summed E-state index contributed by atoms with van der Waals surface area (Å²) in [5.41, 5.74) is 3.17. The highest BCUT2D eigenvalue weighted by atomic mass is 16.2. The number of anilines is 3. The van der Waals surface area contributed by atoms with Gasteiger partial charge < -0.3 is 16.0 Å². The predicted molar refractivity (Wildman–Crippen MR) is 102 cm³/mol. The summed E-state index contributed by atoms with van der Waals surface area (Å²) in [4.78, 5) is 28.4. The van der Waals surface area contributed by atoms with E-state index in [1.54, 1.807) is 54.9 Å². The van der Waals surface area contributed by atoms with E-state index in [4.69, 9.17) is 0 Å². The molecule has 26 heavy (non-hydrogen) atoms. The monoisotopic (exact) mass is 346 g/mol. The molecule has 0 saturated heterocycles. The van der Waals surface area contributed by atoms with Crippen LogP contribution in [0.25, 0.3) is 0 Å². The molecule has 0 aliphatic rings. The van der Waals surface area contributed by atoms with Crippen molar-refractivity contribution in [2.45, 2.75) is 6.92 Å². The number of aromatic nitrogens is 1. The molecule has 0 aliphatic carbocycles. The zero-order valence-electron chi connectivity index (χ0n) is 14.2. The van der Waals surface area contributed by atoms with Gasteiger partial charge in [0.25, 0.3) is 5.91 Å². The van der Waals surface area contributed by atoms with Crippen molar-refractivity contribution in [2.75, 3.05) is 16.0 Å². The molecular formula is C20H18N4O2. The Morgan fingerprint density at radius 3 is 2.23 bits per heavy atom. The van der Waals surface area contributed by atoms with Crippen LogP contribution in [0.2, 0.25) is 0 Å². The van der Waals surface area contributed by atoms with Crippen molar-refractivity contribution in [3.8, 4) is 0 Å². The van der Waals surface area contributed by atoms with Crippen LogP contribution in [0.3, 0.4) is 0 Å². The first kappa shape index (κ1) is 17.2. The predicted octanol–water partition coefficient (Wildman–Crippen LogP) is 4.29. The minimum atomic E-state index is -0.382. The van der Waals surface area contributed by atoms with Gasteiger partial charge in [-0.15, -0.1) is 0 Å². The van der Waals surface area contributed by atoms with E-state index in [1.807, 2.05) is 25.1 Å². The molecule has 3 N–H and O–H groups in total. The number of nitrogens with zero attached hydrogens (tertiary/aromatic N) is 1. The maximum Gasteiger partial charge on any atom is 0.323 e. The molecule has 1 aromatic heterocycles. The minimum Gasteiger partial charge on any atom is -0.322 e. The Kier molecular flexibility index (Phi) is 5.24. The molecule has 0 aliphatic heterocycles. The molecule has 0 spiro atoms.